The Balaban J connectivity index is 5.82. The molecule has 0 aliphatic rings. The van der Waals surface area contributed by atoms with Gasteiger partial charge in [-0.3, -0.25) is 4.84 Å². The Hall–Kier alpha value is -1.17. The first-order valence-electron chi connectivity index (χ1n) is 5.16. The minimum absolute atomic E-state index is 2.38. The Kier molecular flexibility index (Phi) is 6.54. The van der Waals surface area contributed by atoms with Crippen molar-refractivity contribution in [3.05, 3.63) is 0 Å². The molecule has 0 N–H and O–H groups in total. The molecule has 0 spiro atoms. The van der Waals surface area contributed by atoms with Gasteiger partial charge in [0, 0.05) is 5.06 Å². The molecule has 3 nitrogen and oxygen atoms in total. The summed E-state index contributed by atoms with van der Waals surface area (Å²) in [4.78, 5) is -0.504. The number of hydrogen-bond acceptors (Lipinski definition) is 3. The smallest absolute Gasteiger partial charge is 0.270 e. The van der Waals surface area contributed by atoms with E-state index >= 15 is 0 Å². The van der Waals surface area contributed by atoms with E-state index in [1.165, 1.54) is 0 Å². The maximum absolute atomic E-state index is 12.3. The van der Waals surface area contributed by atoms with Gasteiger partial charge < -0.3 is 0 Å². The second kappa shape index (κ2) is 6.86. The Morgan fingerprint density at radius 2 is 0.880 bits per heavy atom. The lowest BCUT2D eigenvalue weighted by Gasteiger charge is -2.34. The summed E-state index contributed by atoms with van der Waals surface area (Å²) < 4.78 is 182. The maximum atomic E-state index is 12.3. The van der Waals surface area contributed by atoms with Crippen LogP contribution in [0.25, 0.3) is 0 Å². The van der Waals surface area contributed by atoms with Crippen LogP contribution in [0.3, 0.4) is 0 Å². The molecule has 0 aromatic heterocycles. The molecule has 0 fully saturated rings. The summed E-state index contributed by atoms with van der Waals surface area (Å²) in [5.41, 5.74) is 0. The molecule has 152 valence electrons. The number of hydroxylamine groups is 2. The zero-order valence-electron chi connectivity index (χ0n) is 10.8. The van der Waals surface area contributed by atoms with Gasteiger partial charge in [0.1, 0.15) is 0 Å². The predicted molar refractivity (Wildman–Crippen MR) is 43.7 cm³/mol. The lowest BCUT2D eigenvalue weighted by Crippen LogP contribution is -2.58. The van der Waals surface area contributed by atoms with Gasteiger partial charge in [0.25, 0.3) is 0 Å². The van der Waals surface area contributed by atoms with Crippen molar-refractivity contribution in [1.82, 2.24) is 9.96 Å². The Morgan fingerprint density at radius 1 is 0.560 bits per heavy atom. The van der Waals surface area contributed by atoms with Gasteiger partial charge in [0.05, 0.1) is 6.54 Å². The highest BCUT2D eigenvalue weighted by atomic mass is 19.4. The van der Waals surface area contributed by atoms with Crippen LogP contribution in [-0.2, 0) is 4.84 Å². The average molecular weight is 416 g/mol. The van der Waals surface area contributed by atoms with E-state index in [0.717, 1.165) is 0 Å². The summed E-state index contributed by atoms with van der Waals surface area (Å²) in [5, 5.41) is -3.26. The monoisotopic (exact) mass is 416 g/mol. The number of alkyl halides is 15. The summed E-state index contributed by atoms with van der Waals surface area (Å²) >= 11 is 0. The molecular formula is C7H3F15N2O. The number of rotatable bonds is 4. The van der Waals surface area contributed by atoms with Crippen LogP contribution in [0, 0.1) is 0 Å². The molecule has 0 aliphatic heterocycles. The van der Waals surface area contributed by atoms with Crippen LogP contribution in [0.15, 0.2) is 0 Å². The number of halogens is 15. The molecule has 0 aromatic carbocycles. The SMILES string of the molecule is FC(F)(F)C(CN(C(F)(F)F)C(F)(F)F)ON(C(F)(F)F)C(F)(F)F. The Morgan fingerprint density at radius 3 is 1.08 bits per heavy atom. The molecule has 25 heavy (non-hydrogen) atoms. The van der Waals surface area contributed by atoms with Crippen LogP contribution in [0.5, 0.6) is 0 Å². The van der Waals surface area contributed by atoms with Crippen LogP contribution in [0.4, 0.5) is 65.9 Å². The van der Waals surface area contributed by atoms with Gasteiger partial charge in [-0.05, 0) is 0 Å². The standard InChI is InChI=1S/C7H3F15N2O/c8-3(9,10)2(1-23(4(11,12)13)5(14,15)16)25-24(6(17,18)19)7(20,21)22/h2H,1H2. The van der Waals surface area contributed by atoms with Crippen LogP contribution >= 0.6 is 0 Å². The van der Waals surface area contributed by atoms with Crippen LogP contribution < -0.4 is 0 Å². The molecule has 0 saturated carbocycles. The van der Waals surface area contributed by atoms with Gasteiger partial charge in [-0.15, -0.1) is 4.90 Å². The van der Waals surface area contributed by atoms with E-state index in [1.54, 1.807) is 0 Å². The van der Waals surface area contributed by atoms with Gasteiger partial charge in [0.2, 0.25) is 0 Å². The van der Waals surface area contributed by atoms with Gasteiger partial charge in [-0.25, -0.2) is 0 Å². The molecule has 1 unspecified atom stereocenters. The van der Waals surface area contributed by atoms with E-state index < -0.39 is 54.0 Å². The lowest BCUT2D eigenvalue weighted by atomic mass is 10.3. The molecule has 1 atom stereocenters. The molecule has 0 amide bonds. The van der Waals surface area contributed by atoms with Crippen molar-refractivity contribution in [3.63, 3.8) is 0 Å². The first-order chi connectivity index (χ1) is 10.6. The Bertz CT molecular complexity index is 366. The third kappa shape index (κ3) is 7.30. The maximum Gasteiger partial charge on any atom is 0.490 e. The molecule has 0 aliphatic carbocycles. The van der Waals surface area contributed by atoms with Crippen molar-refractivity contribution in [2.75, 3.05) is 6.54 Å². The van der Waals surface area contributed by atoms with Gasteiger partial charge in [-0.1, -0.05) is 0 Å². The van der Waals surface area contributed by atoms with Gasteiger partial charge >= 0.3 is 31.4 Å². The summed E-state index contributed by atoms with van der Waals surface area (Å²) in [7, 11) is 0. The van der Waals surface area contributed by atoms with E-state index in [9.17, 15) is 65.9 Å². The van der Waals surface area contributed by atoms with Crippen molar-refractivity contribution in [2.24, 2.45) is 0 Å². The van der Waals surface area contributed by atoms with Crippen LogP contribution in [-0.4, -0.2) is 54.0 Å². The van der Waals surface area contributed by atoms with E-state index in [-0.39, 0.29) is 0 Å². The first-order valence-corrected chi connectivity index (χ1v) is 5.16. The third-order valence-corrected chi connectivity index (χ3v) is 2.02. The zero-order chi connectivity index (χ0) is 20.6. The summed E-state index contributed by atoms with van der Waals surface area (Å²) in [6.45, 7) is -3.47. The minimum atomic E-state index is -6.75. The van der Waals surface area contributed by atoms with E-state index in [0.29, 0.717) is 0 Å². The van der Waals surface area contributed by atoms with Crippen molar-refractivity contribution in [3.8, 4) is 0 Å². The molecule has 18 heteroatoms. The lowest BCUT2D eigenvalue weighted by molar-refractivity contribution is -0.506. The molecule has 0 aromatic rings. The van der Waals surface area contributed by atoms with E-state index in [2.05, 4.69) is 4.84 Å². The topological polar surface area (TPSA) is 15.7 Å². The number of hydrogen-bond donors (Lipinski definition) is 0. The second-order valence-corrected chi connectivity index (χ2v) is 3.91. The van der Waals surface area contributed by atoms with Gasteiger partial charge in [0.15, 0.2) is 6.10 Å². The third-order valence-electron chi connectivity index (χ3n) is 2.02. The highest BCUT2D eigenvalue weighted by Crippen LogP contribution is 2.39. The molecule has 0 bridgehead atoms. The van der Waals surface area contributed by atoms with E-state index in [1.807, 2.05) is 0 Å². The minimum Gasteiger partial charge on any atom is -0.270 e. The number of nitrogens with zero attached hydrogens (tertiary/aromatic N) is 2. The highest BCUT2D eigenvalue weighted by molar-refractivity contribution is 4.76. The van der Waals surface area contributed by atoms with Gasteiger partial charge in [-0.2, -0.15) is 65.9 Å². The molecule has 0 heterocycles. The van der Waals surface area contributed by atoms with Crippen molar-refractivity contribution in [2.45, 2.75) is 37.5 Å². The predicted octanol–water partition coefficient (Wildman–Crippen LogP) is 4.53. The quantitative estimate of drug-likeness (QED) is 0.381. The fourth-order valence-corrected chi connectivity index (χ4v) is 1.10. The zero-order valence-corrected chi connectivity index (χ0v) is 10.8. The fourth-order valence-electron chi connectivity index (χ4n) is 1.10. The normalized spacial score (nSPS) is 16.7. The average Bonchev–Trinajstić information content (AvgIpc) is 2.18. The summed E-state index contributed by atoms with van der Waals surface area (Å²) in [6.07, 6.45) is -37.9. The van der Waals surface area contributed by atoms with Crippen LogP contribution in [0.2, 0.25) is 0 Å². The van der Waals surface area contributed by atoms with Crippen LogP contribution in [0.1, 0.15) is 0 Å². The molecular weight excluding hydrogens is 413 g/mol. The van der Waals surface area contributed by atoms with Crippen molar-refractivity contribution < 1.29 is 70.7 Å². The molecule has 0 radical (unpaired) electrons. The fraction of sp³-hybridized carbons (Fsp3) is 1.00. The second-order valence-electron chi connectivity index (χ2n) is 3.91. The summed E-state index contributed by atoms with van der Waals surface area (Å²) in [6, 6.07) is 0. The summed E-state index contributed by atoms with van der Waals surface area (Å²) in [5.74, 6) is 0. The van der Waals surface area contributed by atoms with Crippen molar-refractivity contribution >= 4 is 0 Å². The largest absolute Gasteiger partial charge is 0.490 e. The van der Waals surface area contributed by atoms with E-state index in [4.69, 9.17) is 0 Å². The van der Waals surface area contributed by atoms with Crippen molar-refractivity contribution in [1.29, 1.82) is 0 Å². The first kappa shape index (κ1) is 23.8. The highest BCUT2D eigenvalue weighted by Gasteiger charge is 2.62. The molecule has 0 saturated heterocycles. The molecule has 0 rings (SSSR count). The Labute approximate surface area is 126 Å².